The summed E-state index contributed by atoms with van der Waals surface area (Å²) in [6.07, 6.45) is 1.81. The summed E-state index contributed by atoms with van der Waals surface area (Å²) in [5, 5.41) is 4.14. The maximum Gasteiger partial charge on any atom is 0.337 e. The van der Waals surface area contributed by atoms with Crippen LogP contribution >= 0.6 is 12.2 Å². The molecule has 0 radical (unpaired) electrons. The highest BCUT2D eigenvalue weighted by atomic mass is 32.1. The second-order valence-electron chi connectivity index (χ2n) is 7.44. The molecule has 1 aliphatic rings. The van der Waals surface area contributed by atoms with Gasteiger partial charge in [-0.25, -0.2) is 4.79 Å². The van der Waals surface area contributed by atoms with Crippen LogP contribution in [0.25, 0.3) is 5.69 Å². The van der Waals surface area contributed by atoms with Crippen LogP contribution in [0, 0.1) is 13.8 Å². The molecule has 154 valence electrons. The topological polar surface area (TPSA) is 59.4 Å². The summed E-state index contributed by atoms with van der Waals surface area (Å²) in [7, 11) is 3.40. The maximum atomic E-state index is 11.8. The summed E-state index contributed by atoms with van der Waals surface area (Å²) in [6, 6.07) is 15.6. The molecular formula is C23H24N4O2S. The van der Waals surface area contributed by atoms with Gasteiger partial charge in [0.2, 0.25) is 0 Å². The zero-order valence-corrected chi connectivity index (χ0v) is 18.2. The van der Waals surface area contributed by atoms with E-state index in [1.54, 1.807) is 12.1 Å². The van der Waals surface area contributed by atoms with Gasteiger partial charge in [-0.1, -0.05) is 6.07 Å². The van der Waals surface area contributed by atoms with Crippen molar-refractivity contribution in [1.29, 1.82) is 0 Å². The Balaban J connectivity index is 1.75. The summed E-state index contributed by atoms with van der Waals surface area (Å²) in [5.74, 6) is -0.339. The van der Waals surface area contributed by atoms with Crippen LogP contribution in [0.5, 0.6) is 0 Å². The number of thiocarbonyl (C=S) groups is 1. The van der Waals surface area contributed by atoms with Gasteiger partial charge in [-0.15, -0.1) is 0 Å². The van der Waals surface area contributed by atoms with Crippen molar-refractivity contribution < 1.29 is 9.53 Å². The van der Waals surface area contributed by atoms with Gasteiger partial charge in [-0.2, -0.15) is 0 Å². The number of aryl methyl sites for hydroxylation is 1. The lowest BCUT2D eigenvalue weighted by Crippen LogP contribution is -2.25. The second kappa shape index (κ2) is 7.91. The Hall–Kier alpha value is -3.19. The first kappa shape index (κ1) is 20.1. The molecule has 0 bridgehead atoms. The van der Waals surface area contributed by atoms with Crippen LogP contribution in [0.15, 0.2) is 54.7 Å². The van der Waals surface area contributed by atoms with Crippen molar-refractivity contribution in [2.45, 2.75) is 25.9 Å². The van der Waals surface area contributed by atoms with E-state index in [2.05, 4.69) is 39.7 Å². The Morgan fingerprint density at radius 2 is 1.90 bits per heavy atom. The van der Waals surface area contributed by atoms with Crippen LogP contribution < -0.4 is 5.32 Å². The molecule has 0 saturated carbocycles. The lowest BCUT2D eigenvalue weighted by molar-refractivity contribution is 0.0600. The van der Waals surface area contributed by atoms with Crippen molar-refractivity contribution in [2.75, 3.05) is 14.2 Å². The number of rotatable bonds is 4. The molecule has 1 aromatic carbocycles. The number of esters is 1. The third-order valence-electron chi connectivity index (χ3n) is 5.67. The number of nitrogens with zero attached hydrogens (tertiary/aromatic N) is 3. The molecule has 2 aromatic heterocycles. The number of benzene rings is 1. The van der Waals surface area contributed by atoms with E-state index < -0.39 is 0 Å². The number of ether oxygens (including phenoxy) is 1. The molecule has 4 rings (SSSR count). The fourth-order valence-electron chi connectivity index (χ4n) is 4.20. The number of carbonyl (C=O) groups is 1. The minimum absolute atomic E-state index is 0.0284. The quantitative estimate of drug-likeness (QED) is 0.511. The van der Waals surface area contributed by atoms with Gasteiger partial charge in [0.05, 0.1) is 30.5 Å². The summed E-state index contributed by atoms with van der Waals surface area (Å²) >= 11 is 5.56. The SMILES string of the molecule is COC(=O)c1ccc(-n2c(C)cc([C@H]3[C@@H](c4ccccn4)NC(=S)N3C)c2C)cc1. The van der Waals surface area contributed by atoms with Crippen molar-refractivity contribution in [3.05, 3.63) is 82.9 Å². The summed E-state index contributed by atoms with van der Waals surface area (Å²) in [6.45, 7) is 4.20. The molecule has 0 amide bonds. The Labute approximate surface area is 181 Å². The van der Waals surface area contributed by atoms with Crippen LogP contribution in [0.2, 0.25) is 0 Å². The largest absolute Gasteiger partial charge is 0.465 e. The standard InChI is InChI=1S/C23H24N4O2S/c1-14-13-18(15(2)27(14)17-10-8-16(9-11-17)22(28)29-4)21-20(25-23(30)26(21)3)19-7-5-6-12-24-19/h5-13,20-21H,1-4H3,(H,25,30)/t20-,21+/m1/s1. The highest BCUT2D eigenvalue weighted by Crippen LogP contribution is 2.40. The lowest BCUT2D eigenvalue weighted by atomic mass is 9.97. The zero-order valence-electron chi connectivity index (χ0n) is 17.4. The molecule has 3 heterocycles. The summed E-state index contributed by atoms with van der Waals surface area (Å²) in [5.41, 5.74) is 5.91. The molecule has 1 fully saturated rings. The van der Waals surface area contributed by atoms with Gasteiger partial charge in [0.15, 0.2) is 5.11 Å². The number of methoxy groups -OCH3 is 1. The predicted octanol–water partition coefficient (Wildman–Crippen LogP) is 3.88. The van der Waals surface area contributed by atoms with E-state index in [0.717, 1.165) is 22.8 Å². The van der Waals surface area contributed by atoms with Crippen LogP contribution in [0.3, 0.4) is 0 Å². The van der Waals surface area contributed by atoms with Crippen LogP contribution in [0.1, 0.15) is 45.1 Å². The van der Waals surface area contributed by atoms with E-state index in [1.807, 2.05) is 43.6 Å². The molecule has 1 N–H and O–H groups in total. The molecule has 3 aromatic rings. The molecule has 0 aliphatic carbocycles. The van der Waals surface area contributed by atoms with Crippen LogP contribution in [-0.2, 0) is 4.74 Å². The average Bonchev–Trinajstić information content (AvgIpc) is 3.23. The van der Waals surface area contributed by atoms with E-state index in [4.69, 9.17) is 17.0 Å². The second-order valence-corrected chi connectivity index (χ2v) is 7.82. The Bertz CT molecular complexity index is 1090. The zero-order chi connectivity index (χ0) is 21.4. The monoisotopic (exact) mass is 420 g/mol. The van der Waals surface area contributed by atoms with Gasteiger partial charge in [-0.05, 0) is 74.1 Å². The van der Waals surface area contributed by atoms with E-state index >= 15 is 0 Å². The molecule has 7 heteroatoms. The smallest absolute Gasteiger partial charge is 0.337 e. The van der Waals surface area contributed by atoms with Crippen molar-refractivity contribution in [3.63, 3.8) is 0 Å². The minimum Gasteiger partial charge on any atom is -0.465 e. The van der Waals surface area contributed by atoms with E-state index in [0.29, 0.717) is 10.7 Å². The van der Waals surface area contributed by atoms with Gasteiger partial charge in [0.25, 0.3) is 0 Å². The number of hydrogen-bond acceptors (Lipinski definition) is 4. The van der Waals surface area contributed by atoms with Crippen LogP contribution in [0.4, 0.5) is 0 Å². The van der Waals surface area contributed by atoms with Gasteiger partial charge < -0.3 is 19.5 Å². The third-order valence-corrected chi connectivity index (χ3v) is 6.08. The number of nitrogens with one attached hydrogen (secondary N) is 1. The van der Waals surface area contributed by atoms with Gasteiger partial charge in [0.1, 0.15) is 0 Å². The Kier molecular flexibility index (Phi) is 5.30. The normalized spacial score (nSPS) is 18.4. The first-order valence-corrected chi connectivity index (χ1v) is 10.1. The number of carbonyl (C=O) groups excluding carboxylic acids is 1. The molecule has 0 spiro atoms. The van der Waals surface area contributed by atoms with Gasteiger partial charge >= 0.3 is 5.97 Å². The van der Waals surface area contributed by atoms with Crippen molar-refractivity contribution in [1.82, 2.24) is 19.8 Å². The third kappa shape index (κ3) is 3.35. The van der Waals surface area contributed by atoms with E-state index in [-0.39, 0.29) is 18.1 Å². The van der Waals surface area contributed by atoms with Gasteiger partial charge in [0, 0.05) is 30.3 Å². The highest BCUT2D eigenvalue weighted by molar-refractivity contribution is 7.80. The van der Waals surface area contributed by atoms with Gasteiger partial charge in [-0.3, -0.25) is 4.98 Å². The molecule has 30 heavy (non-hydrogen) atoms. The van der Waals surface area contributed by atoms with Crippen molar-refractivity contribution in [2.24, 2.45) is 0 Å². The predicted molar refractivity (Wildman–Crippen MR) is 120 cm³/mol. The average molecular weight is 421 g/mol. The minimum atomic E-state index is -0.339. The molecule has 1 aliphatic heterocycles. The highest BCUT2D eigenvalue weighted by Gasteiger charge is 2.39. The number of aromatic nitrogens is 2. The van der Waals surface area contributed by atoms with Crippen molar-refractivity contribution in [3.8, 4) is 5.69 Å². The molecule has 1 saturated heterocycles. The summed E-state index contributed by atoms with van der Waals surface area (Å²) < 4.78 is 7.00. The number of pyridine rings is 1. The first-order chi connectivity index (χ1) is 14.4. The van der Waals surface area contributed by atoms with Crippen molar-refractivity contribution >= 4 is 23.3 Å². The molecule has 6 nitrogen and oxygen atoms in total. The summed E-state index contributed by atoms with van der Waals surface area (Å²) in [4.78, 5) is 18.4. The fraction of sp³-hybridized carbons (Fsp3) is 0.261. The fourth-order valence-corrected chi connectivity index (χ4v) is 4.44. The first-order valence-electron chi connectivity index (χ1n) is 9.74. The van der Waals surface area contributed by atoms with Crippen LogP contribution in [-0.4, -0.2) is 39.7 Å². The maximum absolute atomic E-state index is 11.8. The number of hydrogen-bond donors (Lipinski definition) is 1. The lowest BCUT2D eigenvalue weighted by Gasteiger charge is -2.24. The molecular weight excluding hydrogens is 396 g/mol. The molecule has 0 unspecified atom stereocenters. The number of likely N-dealkylation sites (N-methyl/N-ethyl adjacent to an activating group) is 1. The van der Waals surface area contributed by atoms with E-state index in [1.165, 1.54) is 12.7 Å². The Morgan fingerprint density at radius 3 is 2.53 bits per heavy atom. The van der Waals surface area contributed by atoms with E-state index in [9.17, 15) is 4.79 Å². The Morgan fingerprint density at radius 1 is 1.17 bits per heavy atom. The molecule has 2 atom stereocenters.